The predicted molar refractivity (Wildman–Crippen MR) is 104 cm³/mol. The molecule has 1 heterocycles. The highest BCUT2D eigenvalue weighted by Gasteiger charge is 2.14. The van der Waals surface area contributed by atoms with Crippen molar-refractivity contribution in [3.8, 4) is 0 Å². The number of aromatic nitrogens is 2. The van der Waals surface area contributed by atoms with Gasteiger partial charge < -0.3 is 9.88 Å². The van der Waals surface area contributed by atoms with Crippen molar-refractivity contribution in [3.63, 3.8) is 0 Å². The lowest BCUT2D eigenvalue weighted by Crippen LogP contribution is -2.27. The van der Waals surface area contributed by atoms with Crippen LogP contribution in [0.3, 0.4) is 0 Å². The van der Waals surface area contributed by atoms with E-state index in [2.05, 4.69) is 10.3 Å². The van der Waals surface area contributed by atoms with Crippen molar-refractivity contribution in [3.05, 3.63) is 74.7 Å². The first-order valence-corrected chi connectivity index (χ1v) is 8.86. The summed E-state index contributed by atoms with van der Waals surface area (Å²) in [4.78, 5) is 29.1. The summed E-state index contributed by atoms with van der Waals surface area (Å²) < 4.78 is 1.66. The van der Waals surface area contributed by atoms with E-state index in [4.69, 9.17) is 11.6 Å². The molecule has 1 unspecified atom stereocenters. The molecule has 134 valence electrons. The van der Waals surface area contributed by atoms with Gasteiger partial charge in [0.15, 0.2) is 0 Å². The minimum atomic E-state index is -0.201. The Hall–Kier alpha value is -2.66. The van der Waals surface area contributed by atoms with Gasteiger partial charge in [-0.05, 0) is 56.7 Å². The highest BCUT2D eigenvalue weighted by molar-refractivity contribution is 6.30. The van der Waals surface area contributed by atoms with E-state index >= 15 is 0 Å². The molecule has 0 spiro atoms. The first-order valence-electron chi connectivity index (χ1n) is 8.48. The van der Waals surface area contributed by atoms with Crippen LogP contribution >= 0.6 is 11.6 Å². The van der Waals surface area contributed by atoms with Gasteiger partial charge in [0.25, 0.3) is 11.5 Å². The van der Waals surface area contributed by atoms with Gasteiger partial charge in [0.1, 0.15) is 5.69 Å². The molecule has 1 aromatic heterocycles. The molecule has 0 saturated heterocycles. The molecule has 6 heteroatoms. The molecular formula is C20H20ClN3O2. The zero-order valence-corrected chi connectivity index (χ0v) is 15.7. The zero-order chi connectivity index (χ0) is 18.8. The molecule has 0 bridgehead atoms. The fourth-order valence-electron chi connectivity index (χ4n) is 2.97. The van der Waals surface area contributed by atoms with E-state index < -0.39 is 0 Å². The van der Waals surface area contributed by atoms with E-state index in [0.29, 0.717) is 28.3 Å². The number of nitrogens with zero attached hydrogens (tertiary/aromatic N) is 2. The highest BCUT2D eigenvalue weighted by atomic mass is 35.5. The Morgan fingerprint density at radius 1 is 1.27 bits per heavy atom. The van der Waals surface area contributed by atoms with Crippen molar-refractivity contribution in [1.29, 1.82) is 0 Å². The van der Waals surface area contributed by atoms with Crippen LogP contribution in [-0.4, -0.2) is 15.5 Å². The lowest BCUT2D eigenvalue weighted by molar-refractivity contribution is 0.0940. The van der Waals surface area contributed by atoms with Crippen LogP contribution in [0.2, 0.25) is 5.02 Å². The van der Waals surface area contributed by atoms with Gasteiger partial charge in [0.05, 0.1) is 17.1 Å². The molecule has 3 aromatic rings. The second-order valence-electron chi connectivity index (χ2n) is 6.20. The number of rotatable bonds is 4. The molecule has 0 aliphatic carbocycles. The number of hydrogen-bond donors (Lipinski definition) is 1. The van der Waals surface area contributed by atoms with Gasteiger partial charge in [-0.3, -0.25) is 9.59 Å². The van der Waals surface area contributed by atoms with Crippen molar-refractivity contribution >= 4 is 28.5 Å². The van der Waals surface area contributed by atoms with E-state index in [1.165, 1.54) is 0 Å². The molecular weight excluding hydrogens is 350 g/mol. The number of nitrogens with one attached hydrogen (secondary N) is 1. The molecule has 1 amide bonds. The second-order valence-corrected chi connectivity index (χ2v) is 6.64. The number of halogens is 1. The predicted octanol–water partition coefficient (Wildman–Crippen LogP) is 3.87. The van der Waals surface area contributed by atoms with Crippen LogP contribution in [-0.2, 0) is 6.54 Å². The van der Waals surface area contributed by atoms with Gasteiger partial charge >= 0.3 is 0 Å². The normalized spacial score (nSPS) is 12.2. The lowest BCUT2D eigenvalue weighted by atomic mass is 10.1. The molecule has 0 aliphatic rings. The van der Waals surface area contributed by atoms with Crippen LogP contribution in [0.5, 0.6) is 0 Å². The number of aryl methyl sites for hydroxylation is 2. The summed E-state index contributed by atoms with van der Waals surface area (Å²) in [5, 5.41) is 3.60. The molecule has 1 N–H and O–H groups in total. The first-order chi connectivity index (χ1) is 12.4. The third kappa shape index (κ3) is 3.48. The maximum atomic E-state index is 12.6. The van der Waals surface area contributed by atoms with Crippen molar-refractivity contribution in [2.24, 2.45) is 0 Å². The summed E-state index contributed by atoms with van der Waals surface area (Å²) in [5.41, 5.74) is 3.10. The van der Waals surface area contributed by atoms with E-state index in [0.717, 1.165) is 11.1 Å². The minimum Gasteiger partial charge on any atom is -0.346 e. The van der Waals surface area contributed by atoms with E-state index in [9.17, 15) is 9.59 Å². The van der Waals surface area contributed by atoms with E-state index in [1.54, 1.807) is 35.8 Å². The molecule has 1 atom stereocenters. The average Bonchev–Trinajstić information content (AvgIpc) is 2.62. The van der Waals surface area contributed by atoms with Gasteiger partial charge in [0, 0.05) is 17.1 Å². The summed E-state index contributed by atoms with van der Waals surface area (Å²) in [6, 6.07) is 12.4. The van der Waals surface area contributed by atoms with Crippen molar-refractivity contribution in [1.82, 2.24) is 14.9 Å². The van der Waals surface area contributed by atoms with Crippen LogP contribution in [0.25, 0.3) is 11.0 Å². The number of amides is 1. The number of carbonyl (C=O) groups is 1. The van der Waals surface area contributed by atoms with Crippen molar-refractivity contribution < 1.29 is 4.79 Å². The third-order valence-electron chi connectivity index (χ3n) is 4.38. The van der Waals surface area contributed by atoms with Gasteiger partial charge in [0.2, 0.25) is 0 Å². The molecule has 0 radical (unpaired) electrons. The van der Waals surface area contributed by atoms with Crippen LogP contribution in [0.4, 0.5) is 0 Å². The number of benzene rings is 2. The summed E-state index contributed by atoms with van der Waals surface area (Å²) >= 11 is 6.02. The van der Waals surface area contributed by atoms with E-state index in [1.807, 2.05) is 32.0 Å². The maximum Gasteiger partial charge on any atom is 0.272 e. The smallest absolute Gasteiger partial charge is 0.272 e. The molecule has 0 aliphatic heterocycles. The van der Waals surface area contributed by atoms with Crippen LogP contribution < -0.4 is 10.9 Å². The maximum absolute atomic E-state index is 12.6. The molecule has 26 heavy (non-hydrogen) atoms. The van der Waals surface area contributed by atoms with Gasteiger partial charge in [-0.1, -0.05) is 23.7 Å². The van der Waals surface area contributed by atoms with Gasteiger partial charge in [-0.25, -0.2) is 4.98 Å². The fourth-order valence-corrected chi connectivity index (χ4v) is 3.17. The van der Waals surface area contributed by atoms with Crippen LogP contribution in [0.1, 0.15) is 41.5 Å². The molecule has 0 saturated carbocycles. The highest BCUT2D eigenvalue weighted by Crippen LogP contribution is 2.19. The average molecular weight is 370 g/mol. The number of carbonyl (C=O) groups excluding carboxylic acids is 1. The molecule has 2 aromatic carbocycles. The Morgan fingerprint density at radius 2 is 2.04 bits per heavy atom. The first kappa shape index (κ1) is 18.1. The Morgan fingerprint density at radius 3 is 2.73 bits per heavy atom. The largest absolute Gasteiger partial charge is 0.346 e. The summed E-state index contributed by atoms with van der Waals surface area (Å²) in [7, 11) is 0. The number of hydrogen-bond acceptors (Lipinski definition) is 3. The Labute approximate surface area is 156 Å². The quantitative estimate of drug-likeness (QED) is 0.759. The Bertz CT molecular complexity index is 1040. The SMILES string of the molecule is CCn1c(=O)c(C)nc2cc(C(=O)NC(C)c3cccc(Cl)c3)ccc21. The number of fused-ring (bicyclic) bond motifs is 1. The third-order valence-corrected chi connectivity index (χ3v) is 4.62. The van der Waals surface area contributed by atoms with Gasteiger partial charge in [-0.2, -0.15) is 0 Å². The summed E-state index contributed by atoms with van der Waals surface area (Å²) in [6.45, 7) is 6.05. The standard InChI is InChI=1S/C20H20ClN3O2/c1-4-24-18-9-8-15(11-17(18)22-13(3)20(24)26)19(25)23-12(2)14-6-5-7-16(21)10-14/h5-12H,4H2,1-3H3,(H,23,25). The topological polar surface area (TPSA) is 64.0 Å². The lowest BCUT2D eigenvalue weighted by Gasteiger charge is -2.15. The molecule has 0 fully saturated rings. The van der Waals surface area contributed by atoms with Crippen LogP contribution in [0.15, 0.2) is 47.3 Å². The zero-order valence-electron chi connectivity index (χ0n) is 14.9. The Balaban J connectivity index is 1.91. The second kappa shape index (κ2) is 7.30. The van der Waals surface area contributed by atoms with Crippen molar-refractivity contribution in [2.75, 3.05) is 0 Å². The van der Waals surface area contributed by atoms with Gasteiger partial charge in [-0.15, -0.1) is 0 Å². The van der Waals surface area contributed by atoms with Crippen LogP contribution in [0, 0.1) is 6.92 Å². The summed E-state index contributed by atoms with van der Waals surface area (Å²) in [6.07, 6.45) is 0. The van der Waals surface area contributed by atoms with Crippen molar-refractivity contribution in [2.45, 2.75) is 33.4 Å². The monoisotopic (exact) mass is 369 g/mol. The fraction of sp³-hybridized carbons (Fsp3) is 0.250. The van der Waals surface area contributed by atoms with E-state index in [-0.39, 0.29) is 17.5 Å². The molecule has 5 nitrogen and oxygen atoms in total. The minimum absolute atomic E-state index is 0.105. The Kier molecular flexibility index (Phi) is 5.09. The summed E-state index contributed by atoms with van der Waals surface area (Å²) in [5.74, 6) is -0.201. The molecule has 3 rings (SSSR count).